The third-order valence-corrected chi connectivity index (χ3v) is 9.40. The lowest BCUT2D eigenvalue weighted by molar-refractivity contribution is -0.182. The quantitative estimate of drug-likeness (QED) is 0.318. The first-order valence-corrected chi connectivity index (χ1v) is 12.8. The van der Waals surface area contributed by atoms with Gasteiger partial charge >= 0.3 is 13.3 Å². The lowest BCUT2D eigenvalue weighted by atomic mass is 9.45. The highest BCUT2D eigenvalue weighted by atomic mass is 31.2. The van der Waals surface area contributed by atoms with Crippen molar-refractivity contribution in [2.45, 2.75) is 70.5 Å². The second kappa shape index (κ2) is 8.66. The van der Waals surface area contributed by atoms with Gasteiger partial charge in [-0.15, -0.1) is 0 Å². The molecule has 186 valence electrons. The van der Waals surface area contributed by atoms with Crippen LogP contribution in [0, 0.1) is 28.6 Å². The van der Waals surface area contributed by atoms with Gasteiger partial charge < -0.3 is 30.2 Å². The molecule has 0 saturated heterocycles. The van der Waals surface area contributed by atoms with Gasteiger partial charge in [-0.3, -0.25) is 9.59 Å². The summed E-state index contributed by atoms with van der Waals surface area (Å²) in [5, 5.41) is 39.2. The number of carboxylic acid groups (broad SMARTS) is 1. The zero-order valence-corrected chi connectivity index (χ0v) is 19.7. The van der Waals surface area contributed by atoms with E-state index in [-0.39, 0.29) is 29.0 Å². The maximum absolute atomic E-state index is 12.4. The van der Waals surface area contributed by atoms with E-state index in [1.807, 2.05) is 6.92 Å². The fraction of sp³-hybridized carbons (Fsp3) is 0.773. The molecule has 0 aromatic heterocycles. The summed E-state index contributed by atoms with van der Waals surface area (Å²) in [5.41, 5.74) is -3.32. The number of carbonyl (C=O) groups excluding carboxylic acids is 2. The molecule has 4 aliphatic carbocycles. The smallest absolute Gasteiger partial charge is 0.433 e. The first kappa shape index (κ1) is 26.2. The van der Waals surface area contributed by atoms with Gasteiger partial charge in [-0.05, 0) is 67.8 Å². The molecule has 3 fully saturated rings. The Morgan fingerprint density at radius 3 is 2.30 bits per heavy atom. The molecule has 6 N–H and O–H groups in total. The number of fused-ring (bicyclic) bond motifs is 5. The summed E-state index contributed by atoms with van der Waals surface area (Å²) in [6.45, 7) is 3.46. The Kier molecular flexibility index (Phi) is 6.87. The molecule has 0 amide bonds. The van der Waals surface area contributed by atoms with Crippen molar-refractivity contribution in [3.05, 3.63) is 11.6 Å². The third kappa shape index (κ3) is 4.15. The number of Topliss-reactive ketones (excluding diaryl/α,β-unsaturated/α-hetero) is 1. The van der Waals surface area contributed by atoms with Gasteiger partial charge in [-0.2, -0.15) is 0 Å². The Morgan fingerprint density at radius 1 is 1.15 bits per heavy atom. The molecular formula is C22H33O10P. The number of ketones is 2. The summed E-state index contributed by atoms with van der Waals surface area (Å²) in [5.74, 6) is 0.140. The molecule has 0 aliphatic heterocycles. The van der Waals surface area contributed by atoms with E-state index in [9.17, 15) is 34.3 Å². The van der Waals surface area contributed by atoms with E-state index in [1.165, 1.54) is 5.57 Å². The topological polar surface area (TPSA) is 190 Å². The number of hydrogen-bond donors (Lipinski definition) is 6. The van der Waals surface area contributed by atoms with Crippen molar-refractivity contribution in [3.63, 3.8) is 0 Å². The SMILES string of the molecule is C[C@]12CCC(=O)C=C1CC[C@@H]1[C@@H]2[C@@H](O)C[C@@]2(C)[C@H]1CC[C@]2(O)C(=O)CO.O=C(O)P(=O)(O)O. The van der Waals surface area contributed by atoms with Crippen LogP contribution in [0.1, 0.15) is 58.8 Å². The molecule has 10 nitrogen and oxygen atoms in total. The van der Waals surface area contributed by atoms with Crippen LogP contribution in [0.5, 0.6) is 0 Å². The van der Waals surface area contributed by atoms with Crippen LogP contribution in [-0.2, 0) is 14.2 Å². The minimum atomic E-state index is -4.82. The Morgan fingerprint density at radius 2 is 1.76 bits per heavy atom. The number of allylic oxidation sites excluding steroid dienone is 1. The first-order valence-electron chi connectivity index (χ1n) is 11.2. The van der Waals surface area contributed by atoms with Crippen molar-refractivity contribution in [1.82, 2.24) is 0 Å². The zero-order valence-electron chi connectivity index (χ0n) is 18.8. The van der Waals surface area contributed by atoms with E-state index in [0.717, 1.165) is 25.7 Å². The maximum atomic E-state index is 12.4. The standard InChI is InChI=1S/C21H30O5.CH3O5P/c1-19-7-5-13(23)9-12(19)3-4-14-15-6-8-21(26,17(25)11-22)20(15,2)10-16(24)18(14)19;2-1(3)7(4,5)6/h9,14-16,18,22,24,26H,3-8,10-11H2,1-2H3;(H,2,3)(H2,4,5,6)/t14-,15-,16-,18+,19-,20-,21-;/m0./s1. The van der Waals surface area contributed by atoms with Crippen molar-refractivity contribution in [1.29, 1.82) is 0 Å². The molecular weight excluding hydrogens is 455 g/mol. The molecule has 11 heteroatoms. The number of carbonyl (C=O) groups is 3. The zero-order chi connectivity index (χ0) is 25.0. The van der Waals surface area contributed by atoms with E-state index in [4.69, 9.17) is 14.9 Å². The average molecular weight is 488 g/mol. The van der Waals surface area contributed by atoms with Crippen LogP contribution in [-0.4, -0.2) is 65.8 Å². The van der Waals surface area contributed by atoms with Crippen molar-refractivity contribution in [2.24, 2.45) is 28.6 Å². The van der Waals surface area contributed by atoms with Gasteiger partial charge in [0, 0.05) is 11.8 Å². The van der Waals surface area contributed by atoms with E-state index < -0.39 is 42.8 Å². The number of aliphatic hydroxyl groups excluding tert-OH is 2. The van der Waals surface area contributed by atoms with Crippen LogP contribution in [0.3, 0.4) is 0 Å². The van der Waals surface area contributed by atoms with Gasteiger partial charge in [-0.1, -0.05) is 19.4 Å². The second-order valence-corrected chi connectivity index (χ2v) is 11.9. The molecule has 0 heterocycles. The summed E-state index contributed by atoms with van der Waals surface area (Å²) < 4.78 is 9.43. The third-order valence-electron chi connectivity index (χ3n) is 8.90. The second-order valence-electron chi connectivity index (χ2n) is 10.4. The molecule has 0 radical (unpaired) electrons. The average Bonchev–Trinajstić information content (AvgIpc) is 2.99. The fourth-order valence-corrected chi connectivity index (χ4v) is 7.28. The Bertz CT molecular complexity index is 924. The molecule has 0 aromatic carbocycles. The minimum absolute atomic E-state index is 0.0697. The Labute approximate surface area is 191 Å². The van der Waals surface area contributed by atoms with Crippen LogP contribution in [0.4, 0.5) is 4.79 Å². The molecule has 4 rings (SSSR count). The van der Waals surface area contributed by atoms with Crippen LogP contribution >= 0.6 is 7.60 Å². The highest BCUT2D eigenvalue weighted by Gasteiger charge is 2.68. The highest BCUT2D eigenvalue weighted by Crippen LogP contribution is 2.67. The van der Waals surface area contributed by atoms with Gasteiger partial charge in [0.1, 0.15) is 12.2 Å². The number of aliphatic hydroxyl groups is 3. The predicted molar refractivity (Wildman–Crippen MR) is 115 cm³/mol. The van der Waals surface area contributed by atoms with Gasteiger partial charge in [0.05, 0.1) is 6.10 Å². The summed E-state index contributed by atoms with van der Waals surface area (Å²) in [6, 6.07) is 0. The van der Waals surface area contributed by atoms with Crippen LogP contribution in [0.2, 0.25) is 0 Å². The molecule has 0 bridgehead atoms. The normalized spacial score (nSPS) is 42.2. The van der Waals surface area contributed by atoms with Crippen LogP contribution in [0.25, 0.3) is 0 Å². The van der Waals surface area contributed by atoms with Gasteiger partial charge in [0.2, 0.25) is 0 Å². The first-order chi connectivity index (χ1) is 15.1. The summed E-state index contributed by atoms with van der Waals surface area (Å²) in [4.78, 5) is 48.7. The largest absolute Gasteiger partial charge is 0.472 e. The Balaban J connectivity index is 0.000000383. The van der Waals surface area contributed by atoms with Crippen molar-refractivity contribution < 1.29 is 49.2 Å². The predicted octanol–water partition coefficient (Wildman–Crippen LogP) is 1.62. The molecule has 4 aliphatic rings. The van der Waals surface area contributed by atoms with Gasteiger partial charge in [0.25, 0.3) is 0 Å². The van der Waals surface area contributed by atoms with Gasteiger partial charge in [0.15, 0.2) is 11.6 Å². The van der Waals surface area contributed by atoms with E-state index in [0.29, 0.717) is 19.3 Å². The molecule has 3 saturated carbocycles. The summed E-state index contributed by atoms with van der Waals surface area (Å²) in [6.07, 6.45) is 5.74. The van der Waals surface area contributed by atoms with Crippen LogP contribution in [0.15, 0.2) is 11.6 Å². The summed E-state index contributed by atoms with van der Waals surface area (Å²) in [7, 11) is -4.82. The Hall–Kier alpha value is -1.42. The lowest BCUT2D eigenvalue weighted by Gasteiger charge is -2.60. The molecule has 0 spiro atoms. The highest BCUT2D eigenvalue weighted by molar-refractivity contribution is 7.69. The minimum Gasteiger partial charge on any atom is -0.472 e. The van der Waals surface area contributed by atoms with Crippen molar-refractivity contribution >= 4 is 24.9 Å². The van der Waals surface area contributed by atoms with E-state index >= 15 is 0 Å². The van der Waals surface area contributed by atoms with E-state index in [1.54, 1.807) is 6.08 Å². The van der Waals surface area contributed by atoms with E-state index in [2.05, 4.69) is 6.92 Å². The lowest BCUT2D eigenvalue weighted by Crippen LogP contribution is -2.62. The molecule has 7 atom stereocenters. The number of hydrogen-bond acceptors (Lipinski definition) is 7. The van der Waals surface area contributed by atoms with Crippen molar-refractivity contribution in [2.75, 3.05) is 6.61 Å². The number of rotatable bonds is 3. The molecule has 0 aromatic rings. The molecule has 33 heavy (non-hydrogen) atoms. The molecule has 0 unspecified atom stereocenters. The van der Waals surface area contributed by atoms with Crippen LogP contribution < -0.4 is 0 Å². The summed E-state index contributed by atoms with van der Waals surface area (Å²) >= 11 is 0. The fourth-order valence-electron chi connectivity index (χ4n) is 7.28. The monoisotopic (exact) mass is 488 g/mol. The van der Waals surface area contributed by atoms with Gasteiger partial charge in [-0.25, -0.2) is 9.36 Å². The van der Waals surface area contributed by atoms with Crippen molar-refractivity contribution in [3.8, 4) is 0 Å². The maximum Gasteiger partial charge on any atom is 0.433 e.